The Kier molecular flexibility index (Phi) is 16400. The molecule has 0 heterocycles. The van der Waals surface area contributed by atoms with Crippen LogP contribution in [0.4, 0.5) is 0 Å². The van der Waals surface area contributed by atoms with Crippen molar-refractivity contribution in [2.24, 2.45) is 0 Å². The summed E-state index contributed by atoms with van der Waals surface area (Å²) >= 11 is 0. The Morgan fingerprint density at radius 1 is 0.600 bits per heavy atom. The van der Waals surface area contributed by atoms with Crippen molar-refractivity contribution in [1.29, 1.82) is 0 Å². The molecular formula is H10N2O2Pt+2. The van der Waals surface area contributed by atoms with Gasteiger partial charge in [0, 0.05) is 0 Å². The molecule has 0 unspecified atom stereocenters. The van der Waals surface area contributed by atoms with E-state index in [4.69, 9.17) is 0 Å². The van der Waals surface area contributed by atoms with Crippen LogP contribution < -0.4 is 12.3 Å². The Balaban J connectivity index is 0. The molecule has 5 heteroatoms. The summed E-state index contributed by atoms with van der Waals surface area (Å²) in [5.74, 6) is 0. The molecular weight excluding hydrogens is 255 g/mol. The molecule has 10 N–H and O–H groups in total. The van der Waals surface area contributed by atoms with E-state index in [1.807, 2.05) is 0 Å². The summed E-state index contributed by atoms with van der Waals surface area (Å²) in [6.07, 6.45) is 0. The third-order valence-corrected chi connectivity index (χ3v) is 0. The van der Waals surface area contributed by atoms with Crippen LogP contribution in [0.5, 0.6) is 0 Å². The van der Waals surface area contributed by atoms with E-state index in [1.165, 1.54) is 0 Å². The second-order valence-electron chi connectivity index (χ2n) is 0. The maximum absolute atomic E-state index is 0. The van der Waals surface area contributed by atoms with Gasteiger partial charge < -0.3 is 23.3 Å². The SMILES string of the molecule is N.N.O.O.[Pt+2]. The van der Waals surface area contributed by atoms with Crippen molar-refractivity contribution in [3.63, 3.8) is 0 Å². The first-order valence-corrected chi connectivity index (χ1v) is 0. The number of hydrogen-bond acceptors (Lipinski definition) is 2. The molecule has 0 aliphatic rings. The van der Waals surface area contributed by atoms with Gasteiger partial charge in [0.15, 0.2) is 0 Å². The minimum Gasteiger partial charge on any atom is -0.412 e. The molecule has 4 nitrogen and oxygen atoms in total. The van der Waals surface area contributed by atoms with Crippen LogP contribution in [-0.2, 0) is 21.1 Å². The van der Waals surface area contributed by atoms with E-state index in [0.717, 1.165) is 0 Å². The summed E-state index contributed by atoms with van der Waals surface area (Å²) in [5, 5.41) is 0. The molecule has 0 amide bonds. The van der Waals surface area contributed by atoms with E-state index in [-0.39, 0.29) is 44.3 Å². The van der Waals surface area contributed by atoms with E-state index >= 15 is 0 Å². The smallest absolute Gasteiger partial charge is 0.412 e. The monoisotopic (exact) mass is 265 g/mol. The first-order chi connectivity index (χ1) is 0. The zero-order valence-corrected chi connectivity index (χ0v) is 5.00. The van der Waals surface area contributed by atoms with E-state index < -0.39 is 0 Å². The van der Waals surface area contributed by atoms with Crippen LogP contribution in [0.25, 0.3) is 0 Å². The Bertz CT molecular complexity index is 7.61. The quantitative estimate of drug-likeness (QED) is 0.561. The van der Waals surface area contributed by atoms with Gasteiger partial charge in [-0.1, -0.05) is 0 Å². The fourth-order valence-corrected chi connectivity index (χ4v) is 0. The molecule has 0 spiro atoms. The van der Waals surface area contributed by atoms with E-state index in [2.05, 4.69) is 0 Å². The van der Waals surface area contributed by atoms with Gasteiger partial charge >= 0.3 is 21.1 Å². The molecule has 40 valence electrons. The fraction of sp³-hybridized carbons (Fsp3) is 0. The summed E-state index contributed by atoms with van der Waals surface area (Å²) in [4.78, 5) is 0. The van der Waals surface area contributed by atoms with Gasteiger partial charge in [0.25, 0.3) is 0 Å². The predicted molar refractivity (Wildman–Crippen MR) is 17.3 cm³/mol. The summed E-state index contributed by atoms with van der Waals surface area (Å²) in [6.45, 7) is 0. The first-order valence-electron chi connectivity index (χ1n) is 0. The van der Waals surface area contributed by atoms with Gasteiger partial charge in [-0.25, -0.2) is 0 Å². The van der Waals surface area contributed by atoms with Crippen molar-refractivity contribution >= 4 is 0 Å². The minimum absolute atomic E-state index is 0. The molecule has 0 rings (SSSR count). The molecule has 0 aromatic carbocycles. The van der Waals surface area contributed by atoms with Gasteiger partial charge in [-0.15, -0.1) is 0 Å². The molecule has 0 radical (unpaired) electrons. The van der Waals surface area contributed by atoms with Crippen molar-refractivity contribution in [2.75, 3.05) is 0 Å². The van der Waals surface area contributed by atoms with Crippen LogP contribution in [0, 0.1) is 0 Å². The molecule has 0 bridgehead atoms. The zero-order valence-electron chi connectivity index (χ0n) is 2.73. The molecule has 0 atom stereocenters. The fourth-order valence-electron chi connectivity index (χ4n) is 0. The Labute approximate surface area is 45.0 Å². The number of hydrogen-bond donors (Lipinski definition) is 2. The molecule has 0 fully saturated rings. The second kappa shape index (κ2) is 202. The van der Waals surface area contributed by atoms with Crippen molar-refractivity contribution in [1.82, 2.24) is 12.3 Å². The molecule has 0 aliphatic heterocycles. The van der Waals surface area contributed by atoms with Gasteiger partial charge in [-0.05, 0) is 0 Å². The first kappa shape index (κ1) is 406. The Morgan fingerprint density at radius 2 is 0.600 bits per heavy atom. The summed E-state index contributed by atoms with van der Waals surface area (Å²) in [5.41, 5.74) is 0. The van der Waals surface area contributed by atoms with Gasteiger partial charge in [0.2, 0.25) is 0 Å². The molecule has 0 saturated carbocycles. The molecule has 0 aromatic rings. The maximum atomic E-state index is 0. The van der Waals surface area contributed by atoms with Crippen LogP contribution in [-0.4, -0.2) is 11.0 Å². The zero-order chi connectivity index (χ0) is 0. The molecule has 0 aliphatic carbocycles. The minimum atomic E-state index is 0. The van der Waals surface area contributed by atoms with Crippen molar-refractivity contribution in [2.45, 2.75) is 0 Å². The topological polar surface area (TPSA) is 133 Å². The van der Waals surface area contributed by atoms with Gasteiger partial charge in [0.05, 0.1) is 0 Å². The van der Waals surface area contributed by atoms with E-state index in [9.17, 15) is 0 Å². The Morgan fingerprint density at radius 3 is 0.600 bits per heavy atom. The normalized spacial score (nSPS) is 0. The van der Waals surface area contributed by atoms with E-state index in [1.54, 1.807) is 0 Å². The molecule has 0 aromatic heterocycles. The van der Waals surface area contributed by atoms with Gasteiger partial charge in [0.1, 0.15) is 0 Å². The average Bonchev–Trinajstić information content (AvgIpc) is 0. The molecule has 5 heavy (non-hydrogen) atoms. The van der Waals surface area contributed by atoms with Crippen molar-refractivity contribution in [3.8, 4) is 0 Å². The van der Waals surface area contributed by atoms with Crippen LogP contribution in [0.2, 0.25) is 0 Å². The average molecular weight is 265 g/mol. The maximum Gasteiger partial charge on any atom is 2.00 e. The van der Waals surface area contributed by atoms with Crippen molar-refractivity contribution in [3.05, 3.63) is 0 Å². The van der Waals surface area contributed by atoms with Crippen LogP contribution >= 0.6 is 0 Å². The number of rotatable bonds is 0. The summed E-state index contributed by atoms with van der Waals surface area (Å²) in [7, 11) is 0. The van der Waals surface area contributed by atoms with Crippen LogP contribution in [0.3, 0.4) is 0 Å². The summed E-state index contributed by atoms with van der Waals surface area (Å²) in [6, 6.07) is 0. The molecule has 0 saturated heterocycles. The van der Waals surface area contributed by atoms with Gasteiger partial charge in [-0.2, -0.15) is 0 Å². The third-order valence-electron chi connectivity index (χ3n) is 0. The standard InChI is InChI=1S/2H3N.2H2O.Pt/h2*1H3;2*1H2;/q;;;;+2. The van der Waals surface area contributed by atoms with Crippen LogP contribution in [0.15, 0.2) is 0 Å². The largest absolute Gasteiger partial charge is 2.00 e. The van der Waals surface area contributed by atoms with Gasteiger partial charge in [-0.3, -0.25) is 0 Å². The van der Waals surface area contributed by atoms with Crippen molar-refractivity contribution < 1.29 is 32.0 Å². The Hall–Kier alpha value is 0.528. The van der Waals surface area contributed by atoms with E-state index in [0.29, 0.717) is 0 Å². The summed E-state index contributed by atoms with van der Waals surface area (Å²) < 4.78 is 0. The predicted octanol–water partition coefficient (Wildman–Crippen LogP) is -1.33. The second-order valence-corrected chi connectivity index (χ2v) is 0. The van der Waals surface area contributed by atoms with Crippen LogP contribution in [0.1, 0.15) is 0 Å². The third kappa shape index (κ3) is 104.